The molecule has 0 spiro atoms. The maximum Gasteiger partial charge on any atom is 0.200 e. The molecule has 7 heteroatoms. The zero-order chi connectivity index (χ0) is 15.4. The molecule has 0 atom stereocenters. The van der Waals surface area contributed by atoms with Gasteiger partial charge in [0.15, 0.2) is 4.34 Å². The van der Waals surface area contributed by atoms with Crippen LogP contribution in [0.1, 0.15) is 21.8 Å². The molecular formula is C15H15N3S4. The van der Waals surface area contributed by atoms with E-state index in [0.29, 0.717) is 0 Å². The molecule has 114 valence electrons. The molecule has 22 heavy (non-hydrogen) atoms. The van der Waals surface area contributed by atoms with E-state index in [1.165, 1.54) is 27.7 Å². The maximum atomic E-state index is 4.72. The van der Waals surface area contributed by atoms with Gasteiger partial charge in [-0.15, -0.1) is 11.3 Å². The second-order valence-electron chi connectivity index (χ2n) is 4.73. The number of hydrogen-bond acceptors (Lipinski definition) is 7. The summed E-state index contributed by atoms with van der Waals surface area (Å²) in [5.74, 6) is 0.855. The topological polar surface area (TPSA) is 38.7 Å². The predicted octanol–water partition coefficient (Wildman–Crippen LogP) is 4.91. The monoisotopic (exact) mass is 365 g/mol. The minimum Gasteiger partial charge on any atom is -0.245 e. The van der Waals surface area contributed by atoms with Gasteiger partial charge in [-0.05, 0) is 30.3 Å². The second kappa shape index (κ2) is 7.59. The lowest BCUT2D eigenvalue weighted by atomic mass is 10.1. The highest BCUT2D eigenvalue weighted by molar-refractivity contribution is 8.00. The molecular weight excluding hydrogens is 350 g/mol. The highest BCUT2D eigenvalue weighted by Gasteiger charge is 2.07. The summed E-state index contributed by atoms with van der Waals surface area (Å²) in [6.45, 7) is 2.11. The summed E-state index contributed by atoms with van der Waals surface area (Å²) in [5.41, 5.74) is 3.73. The van der Waals surface area contributed by atoms with Crippen LogP contribution in [0.25, 0.3) is 0 Å². The van der Waals surface area contributed by atoms with Gasteiger partial charge in [0.1, 0.15) is 0 Å². The third-order valence-electron chi connectivity index (χ3n) is 2.99. The molecule has 3 rings (SSSR count). The van der Waals surface area contributed by atoms with Crippen molar-refractivity contribution in [2.45, 2.75) is 28.6 Å². The number of nitrogens with zero attached hydrogens (tertiary/aromatic N) is 3. The van der Waals surface area contributed by atoms with E-state index in [1.54, 1.807) is 34.9 Å². The molecule has 3 aromatic rings. The Kier molecular flexibility index (Phi) is 5.51. The number of hydrogen-bond donors (Lipinski definition) is 0. The SMILES string of the molecule is CSc1nsc(SCc2csc(Cc3ccc(C)cc3)n2)n1. The molecule has 0 fully saturated rings. The summed E-state index contributed by atoms with van der Waals surface area (Å²) in [7, 11) is 0. The van der Waals surface area contributed by atoms with Crippen molar-refractivity contribution < 1.29 is 0 Å². The van der Waals surface area contributed by atoms with E-state index >= 15 is 0 Å². The van der Waals surface area contributed by atoms with Crippen LogP contribution in [0.15, 0.2) is 39.1 Å². The Hall–Kier alpha value is -0.890. The summed E-state index contributed by atoms with van der Waals surface area (Å²) in [6.07, 6.45) is 2.90. The highest BCUT2D eigenvalue weighted by Crippen LogP contribution is 2.27. The summed E-state index contributed by atoms with van der Waals surface area (Å²) < 4.78 is 5.28. The third kappa shape index (κ3) is 4.32. The van der Waals surface area contributed by atoms with E-state index < -0.39 is 0 Å². The molecule has 1 aromatic carbocycles. The second-order valence-corrected chi connectivity index (χ2v) is 8.42. The van der Waals surface area contributed by atoms with Crippen LogP contribution in [0.3, 0.4) is 0 Å². The Morgan fingerprint density at radius 2 is 1.95 bits per heavy atom. The third-order valence-corrected chi connectivity index (χ3v) is 6.42. The predicted molar refractivity (Wildman–Crippen MR) is 97.4 cm³/mol. The van der Waals surface area contributed by atoms with E-state index in [0.717, 1.165) is 27.4 Å². The number of thioether (sulfide) groups is 2. The van der Waals surface area contributed by atoms with Gasteiger partial charge >= 0.3 is 0 Å². The Balaban J connectivity index is 1.57. The summed E-state index contributed by atoms with van der Waals surface area (Å²) in [5, 5.41) is 4.17. The Morgan fingerprint density at radius 3 is 2.68 bits per heavy atom. The van der Waals surface area contributed by atoms with Gasteiger partial charge in [0.25, 0.3) is 0 Å². The van der Waals surface area contributed by atoms with Gasteiger partial charge in [-0.2, -0.15) is 4.37 Å². The molecule has 0 saturated carbocycles. The molecule has 0 aliphatic rings. The van der Waals surface area contributed by atoms with Crippen LogP contribution in [0.5, 0.6) is 0 Å². The zero-order valence-corrected chi connectivity index (χ0v) is 15.5. The average Bonchev–Trinajstić information content (AvgIpc) is 3.16. The molecule has 0 N–H and O–H groups in total. The van der Waals surface area contributed by atoms with Crippen LogP contribution in [-0.2, 0) is 12.2 Å². The van der Waals surface area contributed by atoms with Crippen molar-refractivity contribution in [1.82, 2.24) is 14.3 Å². The fourth-order valence-electron chi connectivity index (χ4n) is 1.85. The van der Waals surface area contributed by atoms with Gasteiger partial charge in [0, 0.05) is 17.6 Å². The maximum absolute atomic E-state index is 4.72. The van der Waals surface area contributed by atoms with Crippen molar-refractivity contribution in [1.29, 1.82) is 0 Å². The Labute approximate surface area is 146 Å². The molecule has 0 bridgehead atoms. The van der Waals surface area contributed by atoms with Crippen LogP contribution in [0, 0.1) is 6.92 Å². The molecule has 0 amide bonds. The average molecular weight is 366 g/mol. The van der Waals surface area contributed by atoms with Gasteiger partial charge in [-0.1, -0.05) is 53.4 Å². The number of aromatic nitrogens is 3. The summed E-state index contributed by atoms with van der Waals surface area (Å²) in [6, 6.07) is 8.66. The van der Waals surface area contributed by atoms with E-state index in [9.17, 15) is 0 Å². The number of thiazole rings is 1. The first-order chi connectivity index (χ1) is 10.7. The lowest BCUT2D eigenvalue weighted by molar-refractivity contribution is 1.02. The van der Waals surface area contributed by atoms with Crippen LogP contribution in [-0.4, -0.2) is 20.6 Å². The van der Waals surface area contributed by atoms with Gasteiger partial charge < -0.3 is 0 Å². The van der Waals surface area contributed by atoms with E-state index in [-0.39, 0.29) is 0 Å². The standard InChI is InChI=1S/C15H15N3S4/c1-10-3-5-11(6-4-10)7-13-16-12(8-20-13)9-21-15-17-14(19-2)18-22-15/h3-6,8H,7,9H2,1-2H3. The van der Waals surface area contributed by atoms with Crippen LogP contribution in [0.2, 0.25) is 0 Å². The van der Waals surface area contributed by atoms with Crippen molar-refractivity contribution in [2.75, 3.05) is 6.26 Å². The van der Waals surface area contributed by atoms with E-state index in [2.05, 4.69) is 45.9 Å². The first-order valence-corrected chi connectivity index (χ1v) is 10.6. The summed E-state index contributed by atoms with van der Waals surface area (Å²) in [4.78, 5) is 9.15. The zero-order valence-electron chi connectivity index (χ0n) is 12.3. The van der Waals surface area contributed by atoms with Gasteiger partial charge in [0.2, 0.25) is 5.16 Å². The molecule has 2 heterocycles. The highest BCUT2D eigenvalue weighted by atomic mass is 32.2. The minimum absolute atomic E-state index is 0.853. The molecule has 2 aromatic heterocycles. The fraction of sp³-hybridized carbons (Fsp3) is 0.267. The smallest absolute Gasteiger partial charge is 0.200 e. The lowest BCUT2D eigenvalue weighted by Gasteiger charge is -1.98. The van der Waals surface area contributed by atoms with Gasteiger partial charge in [-0.25, -0.2) is 9.97 Å². The first kappa shape index (κ1) is 16.0. The number of benzene rings is 1. The number of aryl methyl sites for hydroxylation is 1. The van der Waals surface area contributed by atoms with Crippen molar-refractivity contribution in [3.05, 3.63) is 51.5 Å². The molecule has 3 nitrogen and oxygen atoms in total. The summed E-state index contributed by atoms with van der Waals surface area (Å²) >= 11 is 6.48. The van der Waals surface area contributed by atoms with Crippen LogP contribution >= 0.6 is 46.4 Å². The largest absolute Gasteiger partial charge is 0.245 e. The minimum atomic E-state index is 0.853. The van der Waals surface area contributed by atoms with Crippen molar-refractivity contribution in [2.24, 2.45) is 0 Å². The molecule has 0 unspecified atom stereocenters. The Morgan fingerprint density at radius 1 is 1.14 bits per heavy atom. The fourth-order valence-corrected chi connectivity index (χ4v) is 4.89. The van der Waals surface area contributed by atoms with Crippen LogP contribution < -0.4 is 0 Å². The van der Waals surface area contributed by atoms with Crippen molar-refractivity contribution in [3.63, 3.8) is 0 Å². The van der Waals surface area contributed by atoms with E-state index in [4.69, 9.17) is 4.98 Å². The molecule has 0 aliphatic heterocycles. The quantitative estimate of drug-likeness (QED) is 0.580. The van der Waals surface area contributed by atoms with E-state index in [1.807, 2.05) is 6.26 Å². The Bertz CT molecular complexity index is 733. The molecule has 0 radical (unpaired) electrons. The normalized spacial score (nSPS) is 11.0. The van der Waals surface area contributed by atoms with Gasteiger partial charge in [0.05, 0.1) is 10.7 Å². The number of rotatable bonds is 6. The van der Waals surface area contributed by atoms with Gasteiger partial charge in [-0.3, -0.25) is 0 Å². The molecule has 0 saturated heterocycles. The van der Waals surface area contributed by atoms with Crippen LogP contribution in [0.4, 0.5) is 0 Å². The van der Waals surface area contributed by atoms with Crippen molar-refractivity contribution >= 4 is 46.4 Å². The molecule has 0 aliphatic carbocycles. The van der Waals surface area contributed by atoms with Crippen molar-refractivity contribution in [3.8, 4) is 0 Å². The first-order valence-electron chi connectivity index (χ1n) is 6.72. The lowest BCUT2D eigenvalue weighted by Crippen LogP contribution is -1.88.